The van der Waals surface area contributed by atoms with Gasteiger partial charge in [-0.25, -0.2) is 0 Å². The third-order valence-corrected chi connectivity index (χ3v) is 1.91. The van der Waals surface area contributed by atoms with Gasteiger partial charge >= 0.3 is 0 Å². The molecule has 1 N–H and O–H groups in total. The second-order valence-corrected chi connectivity index (χ2v) is 2.69. The zero-order chi connectivity index (χ0) is 7.84. The van der Waals surface area contributed by atoms with Gasteiger partial charge in [-0.15, -0.1) is 0 Å². The molecule has 3 heteroatoms. The maximum absolute atomic E-state index is 3.82. The fourth-order valence-electron chi connectivity index (χ4n) is 1.33. The average molecular weight is 147 g/mol. The molecule has 11 heavy (non-hydrogen) atoms. The molecule has 0 aromatic carbocycles. The molecule has 0 fully saturated rings. The van der Waals surface area contributed by atoms with Crippen molar-refractivity contribution in [2.45, 2.75) is 13.8 Å². The Balaban J connectivity index is 2.95. The molecule has 0 atom stereocenters. The van der Waals surface area contributed by atoms with Gasteiger partial charge in [-0.1, -0.05) is 0 Å². The summed E-state index contributed by atoms with van der Waals surface area (Å²) in [4.78, 5) is 3.24. The Morgan fingerprint density at radius 3 is 1.91 bits per heavy atom. The normalized spacial score (nSPS) is 10.7. The van der Waals surface area contributed by atoms with Crippen LogP contribution >= 0.6 is 0 Å². The predicted molar refractivity (Wildman–Crippen MR) is 43.4 cm³/mol. The number of aromatic nitrogens is 3. The summed E-state index contributed by atoms with van der Waals surface area (Å²) in [7, 11) is 0. The van der Waals surface area contributed by atoms with Crippen molar-refractivity contribution in [3.05, 3.63) is 23.8 Å². The van der Waals surface area contributed by atoms with Crippen LogP contribution in [0.5, 0.6) is 0 Å². The summed E-state index contributed by atoms with van der Waals surface area (Å²) >= 11 is 0. The molecule has 2 heterocycles. The molecule has 2 aromatic heterocycles. The third kappa shape index (κ3) is 0.808. The average Bonchev–Trinajstić information content (AvgIpc) is 2.30. The zero-order valence-electron chi connectivity index (χ0n) is 6.55. The molecule has 0 spiro atoms. The van der Waals surface area contributed by atoms with Crippen LogP contribution in [0.15, 0.2) is 12.4 Å². The number of fused-ring (bicyclic) bond motifs is 1. The van der Waals surface area contributed by atoms with Crippen molar-refractivity contribution in [1.29, 1.82) is 0 Å². The molecule has 3 nitrogen and oxygen atoms in total. The minimum absolute atomic E-state index is 1.16. The van der Waals surface area contributed by atoms with E-state index in [0.717, 1.165) is 22.2 Å². The quantitative estimate of drug-likeness (QED) is 0.614. The van der Waals surface area contributed by atoms with Crippen LogP contribution in [0.25, 0.3) is 10.8 Å². The van der Waals surface area contributed by atoms with E-state index in [-0.39, 0.29) is 0 Å². The van der Waals surface area contributed by atoms with Gasteiger partial charge in [0.2, 0.25) is 0 Å². The Morgan fingerprint density at radius 1 is 1.00 bits per heavy atom. The largest absolute Gasteiger partial charge is 0.362 e. The molecule has 0 aliphatic heterocycles. The van der Waals surface area contributed by atoms with Gasteiger partial charge in [-0.3, -0.25) is 0 Å². The van der Waals surface area contributed by atoms with E-state index in [1.54, 1.807) is 12.4 Å². The van der Waals surface area contributed by atoms with Crippen LogP contribution in [0.2, 0.25) is 0 Å². The molecule has 0 radical (unpaired) electrons. The van der Waals surface area contributed by atoms with Crippen molar-refractivity contribution in [2.75, 3.05) is 0 Å². The lowest BCUT2D eigenvalue weighted by Gasteiger charge is -1.86. The summed E-state index contributed by atoms with van der Waals surface area (Å²) < 4.78 is 0. The van der Waals surface area contributed by atoms with E-state index >= 15 is 0 Å². The number of hydrogen-bond acceptors (Lipinski definition) is 2. The highest BCUT2D eigenvalue weighted by Gasteiger charge is 2.02. The van der Waals surface area contributed by atoms with Crippen LogP contribution in [0.1, 0.15) is 11.4 Å². The fraction of sp³-hybridized carbons (Fsp3) is 0.250. The van der Waals surface area contributed by atoms with Crippen molar-refractivity contribution >= 4 is 10.8 Å². The highest BCUT2D eigenvalue weighted by atomic mass is 15.1. The highest BCUT2D eigenvalue weighted by Crippen LogP contribution is 2.18. The van der Waals surface area contributed by atoms with Gasteiger partial charge in [0, 0.05) is 22.2 Å². The van der Waals surface area contributed by atoms with Gasteiger partial charge in [0.25, 0.3) is 0 Å². The number of aromatic amines is 1. The van der Waals surface area contributed by atoms with Crippen molar-refractivity contribution in [3.63, 3.8) is 0 Å². The van der Waals surface area contributed by atoms with Gasteiger partial charge in [0.1, 0.15) is 0 Å². The first-order valence-electron chi connectivity index (χ1n) is 3.54. The topological polar surface area (TPSA) is 41.6 Å². The molecule has 0 saturated heterocycles. The molecule has 0 amide bonds. The number of nitrogens with one attached hydrogen (secondary N) is 1. The van der Waals surface area contributed by atoms with E-state index in [0.29, 0.717) is 0 Å². The van der Waals surface area contributed by atoms with Crippen LogP contribution in [0, 0.1) is 13.8 Å². The first-order chi connectivity index (χ1) is 5.29. The Morgan fingerprint density at radius 2 is 1.45 bits per heavy atom. The molecular weight excluding hydrogens is 138 g/mol. The van der Waals surface area contributed by atoms with Crippen LogP contribution in [-0.4, -0.2) is 15.2 Å². The summed E-state index contributed by atoms with van der Waals surface area (Å²) in [5.41, 5.74) is 2.32. The Hall–Kier alpha value is -1.38. The number of aryl methyl sites for hydroxylation is 2. The second-order valence-electron chi connectivity index (χ2n) is 2.69. The van der Waals surface area contributed by atoms with Crippen molar-refractivity contribution in [2.24, 2.45) is 0 Å². The minimum Gasteiger partial charge on any atom is -0.362 e. The smallest absolute Gasteiger partial charge is 0.0592 e. The van der Waals surface area contributed by atoms with Crippen LogP contribution in [-0.2, 0) is 0 Å². The molecule has 2 aromatic rings. The maximum atomic E-state index is 3.82. The van der Waals surface area contributed by atoms with Crippen LogP contribution in [0.3, 0.4) is 0 Å². The lowest BCUT2D eigenvalue weighted by atomic mass is 10.2. The van der Waals surface area contributed by atoms with E-state index < -0.39 is 0 Å². The summed E-state index contributed by atoms with van der Waals surface area (Å²) in [6, 6.07) is 0. The standard InChI is InChI=1S/C8H9N3/c1-5-7-3-9-10-4-8(7)6(2)11-5/h3-4,11H,1-2H3. The van der Waals surface area contributed by atoms with E-state index in [2.05, 4.69) is 15.2 Å². The fourth-order valence-corrected chi connectivity index (χ4v) is 1.33. The minimum atomic E-state index is 1.16. The summed E-state index contributed by atoms with van der Waals surface area (Å²) in [6.45, 7) is 4.08. The Labute approximate surface area is 64.5 Å². The van der Waals surface area contributed by atoms with E-state index in [4.69, 9.17) is 0 Å². The van der Waals surface area contributed by atoms with Gasteiger partial charge in [0.05, 0.1) is 12.4 Å². The summed E-state index contributed by atoms with van der Waals surface area (Å²) in [6.07, 6.45) is 3.57. The molecule has 56 valence electrons. The lowest BCUT2D eigenvalue weighted by Crippen LogP contribution is -1.77. The van der Waals surface area contributed by atoms with Gasteiger partial charge in [0.15, 0.2) is 0 Å². The predicted octanol–water partition coefficient (Wildman–Crippen LogP) is 1.57. The summed E-state index contributed by atoms with van der Waals surface area (Å²) in [5, 5.41) is 9.96. The number of rotatable bonds is 0. The molecule has 0 unspecified atom stereocenters. The lowest BCUT2D eigenvalue weighted by molar-refractivity contribution is 1.05. The monoisotopic (exact) mass is 147 g/mol. The van der Waals surface area contributed by atoms with Crippen molar-refractivity contribution in [3.8, 4) is 0 Å². The maximum Gasteiger partial charge on any atom is 0.0592 e. The number of nitrogens with zero attached hydrogens (tertiary/aromatic N) is 2. The van der Waals surface area contributed by atoms with E-state index in [1.165, 1.54) is 0 Å². The summed E-state index contributed by atoms with van der Waals surface area (Å²) in [5.74, 6) is 0. The molecule has 0 bridgehead atoms. The zero-order valence-corrected chi connectivity index (χ0v) is 6.55. The first kappa shape index (κ1) is 6.34. The van der Waals surface area contributed by atoms with Gasteiger partial charge in [-0.05, 0) is 13.8 Å². The van der Waals surface area contributed by atoms with Crippen molar-refractivity contribution < 1.29 is 0 Å². The molecule has 0 saturated carbocycles. The Bertz CT molecular complexity index is 353. The molecule has 0 aliphatic rings. The van der Waals surface area contributed by atoms with Crippen LogP contribution in [0.4, 0.5) is 0 Å². The Kier molecular flexibility index (Phi) is 1.18. The second kappa shape index (κ2) is 2.05. The highest BCUT2D eigenvalue weighted by molar-refractivity contribution is 5.86. The molecule has 2 rings (SSSR count). The van der Waals surface area contributed by atoms with Crippen molar-refractivity contribution in [1.82, 2.24) is 15.2 Å². The van der Waals surface area contributed by atoms with E-state index in [9.17, 15) is 0 Å². The van der Waals surface area contributed by atoms with Gasteiger partial charge < -0.3 is 4.98 Å². The van der Waals surface area contributed by atoms with E-state index in [1.807, 2.05) is 13.8 Å². The first-order valence-corrected chi connectivity index (χ1v) is 3.54. The third-order valence-electron chi connectivity index (χ3n) is 1.91. The number of hydrogen-bond donors (Lipinski definition) is 1. The SMILES string of the molecule is Cc1[nH]c(C)c2cnncc12. The molecular formula is C8H9N3. The number of H-pyrrole nitrogens is 1. The van der Waals surface area contributed by atoms with Crippen LogP contribution < -0.4 is 0 Å². The van der Waals surface area contributed by atoms with Gasteiger partial charge in [-0.2, -0.15) is 10.2 Å². The molecule has 0 aliphatic carbocycles.